The molecule has 7 heteroatoms. The number of anilines is 1. The number of rotatable bonds is 3. The molecule has 1 N–H and O–H groups in total. The Hall–Kier alpha value is -2.57. The quantitative estimate of drug-likeness (QED) is 0.871. The molecule has 0 fully saturated rings. The highest BCUT2D eigenvalue weighted by atomic mass is 19.4. The van der Waals surface area contributed by atoms with E-state index in [1.54, 1.807) is 0 Å². The smallest absolute Gasteiger partial charge is 0.404 e. The van der Waals surface area contributed by atoms with E-state index in [0.717, 1.165) is 12.1 Å². The Labute approximate surface area is 117 Å². The van der Waals surface area contributed by atoms with Gasteiger partial charge in [-0.1, -0.05) is 24.3 Å². The van der Waals surface area contributed by atoms with Gasteiger partial charge in [0.2, 0.25) is 0 Å². The molecule has 110 valence electrons. The Morgan fingerprint density at radius 3 is 2.29 bits per heavy atom. The number of hydrogen-bond donors (Lipinski definition) is 1. The van der Waals surface area contributed by atoms with E-state index in [1.807, 2.05) is 0 Å². The van der Waals surface area contributed by atoms with E-state index >= 15 is 0 Å². The number of carbonyl (C=O) groups excluding carboxylic acids is 1. The van der Waals surface area contributed by atoms with Gasteiger partial charge >= 0.3 is 6.36 Å². The van der Waals surface area contributed by atoms with Crippen molar-refractivity contribution in [1.29, 1.82) is 0 Å². The highest BCUT2D eigenvalue weighted by Crippen LogP contribution is 2.30. The van der Waals surface area contributed by atoms with Gasteiger partial charge in [0.1, 0.15) is 5.82 Å². The fraction of sp³-hybridized carbons (Fsp3) is 0.0714. The molecule has 0 aromatic heterocycles. The largest absolute Gasteiger partial charge is 0.573 e. The summed E-state index contributed by atoms with van der Waals surface area (Å²) in [7, 11) is 0. The molecule has 2 rings (SSSR count). The maximum absolute atomic E-state index is 13.4. The molecule has 0 aliphatic carbocycles. The summed E-state index contributed by atoms with van der Waals surface area (Å²) in [5.41, 5.74) is -0.484. The van der Waals surface area contributed by atoms with Gasteiger partial charge in [-0.3, -0.25) is 4.79 Å². The summed E-state index contributed by atoms with van der Waals surface area (Å²) in [4.78, 5) is 11.9. The first-order chi connectivity index (χ1) is 9.87. The summed E-state index contributed by atoms with van der Waals surface area (Å²) in [6, 6.07) is 10.1. The van der Waals surface area contributed by atoms with Crippen molar-refractivity contribution in [2.24, 2.45) is 0 Å². The molecule has 3 nitrogen and oxygen atoms in total. The Kier molecular flexibility index (Phi) is 4.11. The van der Waals surface area contributed by atoms with Crippen LogP contribution in [0.3, 0.4) is 0 Å². The van der Waals surface area contributed by atoms with E-state index in [-0.39, 0.29) is 11.3 Å². The number of halogens is 4. The molecule has 0 bridgehead atoms. The first kappa shape index (κ1) is 14.8. The van der Waals surface area contributed by atoms with Crippen LogP contribution in [0.2, 0.25) is 0 Å². The van der Waals surface area contributed by atoms with Gasteiger partial charge in [0.05, 0.1) is 11.3 Å². The normalized spacial score (nSPS) is 11.0. The van der Waals surface area contributed by atoms with Crippen LogP contribution in [0.25, 0.3) is 0 Å². The van der Waals surface area contributed by atoms with Gasteiger partial charge in [0.15, 0.2) is 5.75 Å². The zero-order chi connectivity index (χ0) is 15.5. The minimum atomic E-state index is -4.89. The third kappa shape index (κ3) is 3.95. The first-order valence-corrected chi connectivity index (χ1v) is 5.77. The van der Waals surface area contributed by atoms with Crippen LogP contribution in [0, 0.1) is 5.82 Å². The lowest BCUT2D eigenvalue weighted by molar-refractivity contribution is -0.274. The molecule has 0 spiro atoms. The van der Waals surface area contributed by atoms with Crippen molar-refractivity contribution in [3.05, 3.63) is 59.9 Å². The van der Waals surface area contributed by atoms with E-state index < -0.39 is 23.8 Å². The van der Waals surface area contributed by atoms with Crippen LogP contribution >= 0.6 is 0 Å². The molecule has 0 unspecified atom stereocenters. The molecule has 0 radical (unpaired) electrons. The maximum atomic E-state index is 13.4. The lowest BCUT2D eigenvalue weighted by atomic mass is 10.2. The fourth-order valence-electron chi connectivity index (χ4n) is 1.62. The summed E-state index contributed by atoms with van der Waals surface area (Å²) in [6.45, 7) is 0. The van der Waals surface area contributed by atoms with E-state index in [4.69, 9.17) is 0 Å². The molecule has 0 atom stereocenters. The Morgan fingerprint density at radius 2 is 1.62 bits per heavy atom. The van der Waals surface area contributed by atoms with Crippen molar-refractivity contribution in [3.8, 4) is 5.75 Å². The highest BCUT2D eigenvalue weighted by molar-refractivity contribution is 6.05. The van der Waals surface area contributed by atoms with Gasteiger partial charge in [-0.2, -0.15) is 0 Å². The van der Waals surface area contributed by atoms with Crippen LogP contribution in [-0.4, -0.2) is 12.3 Å². The predicted octanol–water partition coefficient (Wildman–Crippen LogP) is 3.98. The SMILES string of the molecule is O=C(Nc1ccccc1OC(F)(F)F)c1ccccc1F. The van der Waals surface area contributed by atoms with E-state index in [2.05, 4.69) is 10.1 Å². The topological polar surface area (TPSA) is 38.3 Å². The molecule has 2 aromatic rings. The molecular formula is C14H9F4NO2. The molecule has 2 aromatic carbocycles. The number of carbonyl (C=O) groups is 1. The second-order valence-electron chi connectivity index (χ2n) is 3.98. The van der Waals surface area contributed by atoms with Crippen LogP contribution in [0.15, 0.2) is 48.5 Å². The molecule has 1 amide bonds. The summed E-state index contributed by atoms with van der Waals surface area (Å²) in [5, 5.41) is 2.19. The van der Waals surface area contributed by atoms with Crippen LogP contribution in [-0.2, 0) is 0 Å². The van der Waals surface area contributed by atoms with Crippen LogP contribution in [0.4, 0.5) is 23.2 Å². The average Bonchev–Trinajstić information content (AvgIpc) is 2.40. The minimum absolute atomic E-state index is 0.205. The van der Waals surface area contributed by atoms with E-state index in [9.17, 15) is 22.4 Å². The van der Waals surface area contributed by atoms with Crippen molar-refractivity contribution in [2.75, 3.05) is 5.32 Å². The number of alkyl halides is 3. The fourth-order valence-corrected chi connectivity index (χ4v) is 1.62. The molecule has 0 saturated heterocycles. The number of hydrogen-bond acceptors (Lipinski definition) is 2. The molecule has 0 aliphatic rings. The van der Waals surface area contributed by atoms with Gasteiger partial charge in [-0.25, -0.2) is 4.39 Å². The number of nitrogens with one attached hydrogen (secondary N) is 1. The second-order valence-corrected chi connectivity index (χ2v) is 3.98. The Bertz CT molecular complexity index is 655. The van der Waals surface area contributed by atoms with E-state index in [0.29, 0.717) is 0 Å². The maximum Gasteiger partial charge on any atom is 0.573 e. The van der Waals surface area contributed by atoms with Crippen molar-refractivity contribution in [3.63, 3.8) is 0 Å². The van der Waals surface area contributed by atoms with Gasteiger partial charge in [-0.05, 0) is 24.3 Å². The number of para-hydroxylation sites is 2. The van der Waals surface area contributed by atoms with Crippen LogP contribution in [0.5, 0.6) is 5.75 Å². The monoisotopic (exact) mass is 299 g/mol. The Morgan fingerprint density at radius 1 is 1.00 bits per heavy atom. The zero-order valence-corrected chi connectivity index (χ0v) is 10.4. The lowest BCUT2D eigenvalue weighted by Crippen LogP contribution is -2.20. The third-order valence-corrected chi connectivity index (χ3v) is 2.48. The molecule has 0 heterocycles. The summed E-state index contributed by atoms with van der Waals surface area (Å²) >= 11 is 0. The molecular weight excluding hydrogens is 290 g/mol. The molecule has 0 aliphatic heterocycles. The number of amides is 1. The zero-order valence-electron chi connectivity index (χ0n) is 10.4. The third-order valence-electron chi connectivity index (χ3n) is 2.48. The van der Waals surface area contributed by atoms with Crippen molar-refractivity contribution < 1.29 is 27.1 Å². The van der Waals surface area contributed by atoms with Gasteiger partial charge in [-0.15, -0.1) is 13.2 Å². The second kappa shape index (κ2) is 5.82. The molecule has 21 heavy (non-hydrogen) atoms. The summed E-state index contributed by atoms with van der Waals surface area (Å²) in [5.74, 6) is -2.22. The average molecular weight is 299 g/mol. The van der Waals surface area contributed by atoms with Crippen LogP contribution in [0.1, 0.15) is 10.4 Å². The van der Waals surface area contributed by atoms with E-state index in [1.165, 1.54) is 36.4 Å². The van der Waals surface area contributed by atoms with Gasteiger partial charge < -0.3 is 10.1 Å². The summed E-state index contributed by atoms with van der Waals surface area (Å²) < 4.78 is 54.0. The number of ether oxygens (including phenoxy) is 1. The van der Waals surface area contributed by atoms with Crippen molar-refractivity contribution >= 4 is 11.6 Å². The predicted molar refractivity (Wildman–Crippen MR) is 67.5 cm³/mol. The minimum Gasteiger partial charge on any atom is -0.404 e. The number of benzene rings is 2. The Balaban J connectivity index is 2.24. The summed E-state index contributed by atoms with van der Waals surface area (Å²) in [6.07, 6.45) is -4.89. The van der Waals surface area contributed by atoms with Gasteiger partial charge in [0.25, 0.3) is 5.91 Å². The molecule has 0 saturated carbocycles. The van der Waals surface area contributed by atoms with Crippen molar-refractivity contribution in [1.82, 2.24) is 0 Å². The van der Waals surface area contributed by atoms with Gasteiger partial charge in [0, 0.05) is 0 Å². The lowest BCUT2D eigenvalue weighted by Gasteiger charge is -2.13. The highest BCUT2D eigenvalue weighted by Gasteiger charge is 2.32. The first-order valence-electron chi connectivity index (χ1n) is 5.77. The van der Waals surface area contributed by atoms with Crippen molar-refractivity contribution in [2.45, 2.75) is 6.36 Å². The van der Waals surface area contributed by atoms with Crippen LogP contribution < -0.4 is 10.1 Å². The standard InChI is InChI=1S/C14H9F4NO2/c15-10-6-2-1-5-9(10)13(20)19-11-7-3-4-8-12(11)21-14(16,17)18/h1-8H,(H,19,20).